The highest BCUT2D eigenvalue weighted by Crippen LogP contribution is 2.06. The lowest BCUT2D eigenvalue weighted by Gasteiger charge is -2.30. The second-order valence-corrected chi connectivity index (χ2v) is 3.99. The lowest BCUT2D eigenvalue weighted by atomic mass is 10.1. The molecule has 1 aliphatic heterocycles. The van der Waals surface area contributed by atoms with Crippen molar-refractivity contribution in [2.24, 2.45) is 5.10 Å². The molecule has 0 aliphatic carbocycles. The van der Waals surface area contributed by atoms with E-state index in [1.54, 1.807) is 0 Å². The summed E-state index contributed by atoms with van der Waals surface area (Å²) < 4.78 is 0. The molecule has 1 fully saturated rings. The monoisotopic (exact) mass is 242 g/mol. The number of carbonyl (C=O) groups is 2. The van der Waals surface area contributed by atoms with E-state index in [4.69, 9.17) is 5.11 Å². The van der Waals surface area contributed by atoms with E-state index in [2.05, 4.69) is 21.2 Å². The molecule has 4 N–H and O–H groups in total. The van der Waals surface area contributed by atoms with Gasteiger partial charge in [0.05, 0.1) is 0 Å². The quantitative estimate of drug-likeness (QED) is 0.388. The van der Waals surface area contributed by atoms with Gasteiger partial charge in [-0.3, -0.25) is 15.5 Å². The van der Waals surface area contributed by atoms with Crippen LogP contribution >= 0.6 is 0 Å². The van der Waals surface area contributed by atoms with Gasteiger partial charge in [0.1, 0.15) is 5.71 Å². The molecule has 0 aromatic rings. The number of carboxylic acids is 1. The number of hydrogen-bond acceptors (Lipinski definition) is 5. The number of amides is 1. The van der Waals surface area contributed by atoms with Crippen LogP contribution < -0.4 is 16.1 Å². The summed E-state index contributed by atoms with van der Waals surface area (Å²) in [6.07, 6.45) is 1.80. The van der Waals surface area contributed by atoms with Gasteiger partial charge in [0.2, 0.25) is 5.91 Å². The number of hydrazone groups is 1. The molecule has 7 nitrogen and oxygen atoms in total. The molecular weight excluding hydrogens is 224 g/mol. The Kier molecular flexibility index (Phi) is 4.89. The van der Waals surface area contributed by atoms with Crippen LogP contribution in [0.25, 0.3) is 0 Å². The second kappa shape index (κ2) is 6.19. The molecule has 7 heteroatoms. The average molecular weight is 242 g/mol. The maximum absolute atomic E-state index is 11.4. The minimum Gasteiger partial charge on any atom is -0.477 e. The predicted molar refractivity (Wildman–Crippen MR) is 62.3 cm³/mol. The molecule has 0 aromatic heterocycles. The molecule has 1 heterocycles. The zero-order valence-electron chi connectivity index (χ0n) is 9.99. The fraction of sp³-hybridized carbons (Fsp3) is 0.700. The van der Waals surface area contributed by atoms with Gasteiger partial charge in [-0.15, -0.1) is 0 Å². The number of carbonyl (C=O) groups excluding carboxylic acids is 1. The van der Waals surface area contributed by atoms with E-state index >= 15 is 0 Å². The van der Waals surface area contributed by atoms with E-state index in [9.17, 15) is 9.59 Å². The molecule has 1 rings (SSSR count). The molecule has 0 radical (unpaired) electrons. The highest BCUT2D eigenvalue weighted by Gasteiger charge is 2.24. The van der Waals surface area contributed by atoms with Gasteiger partial charge in [0, 0.05) is 12.5 Å². The summed E-state index contributed by atoms with van der Waals surface area (Å²) in [5, 5.41) is 18.1. The van der Waals surface area contributed by atoms with Crippen LogP contribution in [-0.2, 0) is 9.59 Å². The van der Waals surface area contributed by atoms with Gasteiger partial charge in [-0.25, -0.2) is 4.79 Å². The van der Waals surface area contributed by atoms with Crippen LogP contribution in [0.5, 0.6) is 0 Å². The zero-order chi connectivity index (χ0) is 12.8. The molecule has 1 saturated heterocycles. The van der Waals surface area contributed by atoms with Crippen molar-refractivity contribution in [2.45, 2.75) is 45.4 Å². The first-order valence-corrected chi connectivity index (χ1v) is 5.61. The van der Waals surface area contributed by atoms with Crippen LogP contribution in [-0.4, -0.2) is 35.0 Å². The standard InChI is InChI=1S/C10H18N4O3/c1-3-4-7-5-8(15)12-10(11-7)14-13-6(2)9(16)17/h7,10-11,14H,3-5H2,1-2H3,(H,12,15)(H,16,17)/b13-6-. The average Bonchev–Trinajstić information content (AvgIpc) is 2.25. The number of nitrogens with zero attached hydrogens (tertiary/aromatic N) is 1. The van der Waals surface area contributed by atoms with E-state index < -0.39 is 12.3 Å². The largest absolute Gasteiger partial charge is 0.477 e. The zero-order valence-corrected chi connectivity index (χ0v) is 9.99. The number of rotatable bonds is 5. The fourth-order valence-corrected chi connectivity index (χ4v) is 1.59. The topological polar surface area (TPSA) is 103 Å². The third-order valence-corrected chi connectivity index (χ3v) is 2.45. The van der Waals surface area contributed by atoms with E-state index in [0.29, 0.717) is 6.42 Å². The Labute approximate surface area is 99.7 Å². The van der Waals surface area contributed by atoms with Crippen LogP contribution in [0.2, 0.25) is 0 Å². The molecule has 96 valence electrons. The minimum atomic E-state index is -1.09. The Bertz CT molecular complexity index is 330. The molecule has 0 bridgehead atoms. The summed E-state index contributed by atoms with van der Waals surface area (Å²) >= 11 is 0. The maximum atomic E-state index is 11.4. The Morgan fingerprint density at radius 1 is 1.65 bits per heavy atom. The molecule has 0 aromatic carbocycles. The van der Waals surface area contributed by atoms with E-state index in [0.717, 1.165) is 12.8 Å². The third kappa shape index (κ3) is 4.39. The first-order chi connectivity index (χ1) is 8.02. The summed E-state index contributed by atoms with van der Waals surface area (Å²) in [5.74, 6) is -1.16. The Morgan fingerprint density at radius 2 is 2.35 bits per heavy atom. The molecule has 2 unspecified atom stereocenters. The van der Waals surface area contributed by atoms with Crippen LogP contribution in [0.15, 0.2) is 5.10 Å². The van der Waals surface area contributed by atoms with Gasteiger partial charge in [-0.05, 0) is 13.3 Å². The van der Waals surface area contributed by atoms with Gasteiger partial charge in [0.25, 0.3) is 0 Å². The van der Waals surface area contributed by atoms with Crippen LogP contribution in [0.3, 0.4) is 0 Å². The molecule has 1 amide bonds. The first-order valence-electron chi connectivity index (χ1n) is 5.61. The summed E-state index contributed by atoms with van der Waals surface area (Å²) in [6, 6.07) is 0.103. The fourth-order valence-electron chi connectivity index (χ4n) is 1.59. The van der Waals surface area contributed by atoms with Crippen molar-refractivity contribution < 1.29 is 14.7 Å². The SMILES string of the molecule is CCCC1CC(=O)NC(N/N=C(/C)C(=O)O)N1. The Morgan fingerprint density at radius 3 is 2.94 bits per heavy atom. The van der Waals surface area contributed by atoms with Crippen molar-refractivity contribution in [3.05, 3.63) is 0 Å². The van der Waals surface area contributed by atoms with Crippen molar-refractivity contribution in [1.82, 2.24) is 16.1 Å². The molecule has 2 atom stereocenters. The summed E-state index contributed by atoms with van der Waals surface area (Å²) in [7, 11) is 0. The molecular formula is C10H18N4O3. The van der Waals surface area contributed by atoms with Crippen molar-refractivity contribution in [1.29, 1.82) is 0 Å². The van der Waals surface area contributed by atoms with E-state index in [1.165, 1.54) is 6.92 Å². The highest BCUT2D eigenvalue weighted by molar-refractivity contribution is 6.34. The molecule has 1 aliphatic rings. The summed E-state index contributed by atoms with van der Waals surface area (Å²) in [6.45, 7) is 3.42. The number of nitrogens with one attached hydrogen (secondary N) is 3. The van der Waals surface area contributed by atoms with Crippen molar-refractivity contribution >= 4 is 17.6 Å². The van der Waals surface area contributed by atoms with Crippen LogP contribution in [0.1, 0.15) is 33.1 Å². The molecule has 0 saturated carbocycles. The minimum absolute atomic E-state index is 0.0568. The van der Waals surface area contributed by atoms with Gasteiger partial charge in [0.15, 0.2) is 6.29 Å². The van der Waals surface area contributed by atoms with Crippen molar-refractivity contribution in [3.63, 3.8) is 0 Å². The Hall–Kier alpha value is -1.63. The summed E-state index contributed by atoms with van der Waals surface area (Å²) in [5.41, 5.74) is 2.53. The number of aliphatic carboxylic acids is 1. The second-order valence-electron chi connectivity index (χ2n) is 3.99. The maximum Gasteiger partial charge on any atom is 0.351 e. The molecule has 17 heavy (non-hydrogen) atoms. The Balaban J connectivity index is 2.50. The first kappa shape index (κ1) is 13.4. The van der Waals surface area contributed by atoms with Gasteiger partial charge in [-0.2, -0.15) is 5.10 Å². The molecule has 0 spiro atoms. The van der Waals surface area contributed by atoms with Gasteiger partial charge < -0.3 is 10.4 Å². The third-order valence-electron chi connectivity index (χ3n) is 2.45. The van der Waals surface area contributed by atoms with Crippen LogP contribution in [0, 0.1) is 0 Å². The normalized spacial score (nSPS) is 25.3. The predicted octanol–water partition coefficient (Wildman–Crippen LogP) is -0.402. The lowest BCUT2D eigenvalue weighted by molar-refractivity contribution is -0.129. The van der Waals surface area contributed by atoms with Gasteiger partial charge in [-0.1, -0.05) is 13.3 Å². The van der Waals surface area contributed by atoms with E-state index in [-0.39, 0.29) is 17.7 Å². The lowest BCUT2D eigenvalue weighted by Crippen LogP contribution is -2.61. The summed E-state index contributed by atoms with van der Waals surface area (Å²) in [4.78, 5) is 21.9. The van der Waals surface area contributed by atoms with E-state index in [1.807, 2.05) is 6.92 Å². The van der Waals surface area contributed by atoms with Crippen LogP contribution in [0.4, 0.5) is 0 Å². The number of hydrogen-bond donors (Lipinski definition) is 4. The highest BCUT2D eigenvalue weighted by atomic mass is 16.4. The smallest absolute Gasteiger partial charge is 0.351 e. The van der Waals surface area contributed by atoms with Crippen molar-refractivity contribution in [3.8, 4) is 0 Å². The van der Waals surface area contributed by atoms with Crippen molar-refractivity contribution in [2.75, 3.05) is 0 Å². The number of carboxylic acid groups (broad SMARTS) is 1. The van der Waals surface area contributed by atoms with Gasteiger partial charge >= 0.3 is 5.97 Å².